The predicted molar refractivity (Wildman–Crippen MR) is 76.1 cm³/mol. The molecular formula is C15H20N2O3. The topological polar surface area (TPSA) is 67.5 Å². The van der Waals surface area contributed by atoms with Gasteiger partial charge in [0.05, 0.1) is 18.4 Å². The Kier molecular flexibility index (Phi) is 5.73. The van der Waals surface area contributed by atoms with E-state index in [9.17, 15) is 5.11 Å². The molecule has 2 rings (SSSR count). The van der Waals surface area contributed by atoms with Crippen LogP contribution in [-0.2, 0) is 11.3 Å². The molecule has 1 aromatic carbocycles. The summed E-state index contributed by atoms with van der Waals surface area (Å²) < 4.78 is 10.3. The average molecular weight is 276 g/mol. The van der Waals surface area contributed by atoms with Gasteiger partial charge >= 0.3 is 0 Å². The number of hydrogen-bond donors (Lipinski definition) is 2. The summed E-state index contributed by atoms with van der Waals surface area (Å²) in [5, 5.41) is 12.7. The second-order valence-corrected chi connectivity index (χ2v) is 4.58. The van der Waals surface area contributed by atoms with Crippen LogP contribution >= 0.6 is 0 Å². The first-order chi connectivity index (χ1) is 9.79. The number of rotatable bonds is 8. The number of methoxy groups -OCH3 is 1. The van der Waals surface area contributed by atoms with Gasteiger partial charge in [-0.15, -0.1) is 0 Å². The summed E-state index contributed by atoms with van der Waals surface area (Å²) in [5.74, 6) is 0.627. The molecule has 1 unspecified atom stereocenters. The van der Waals surface area contributed by atoms with E-state index in [1.807, 2.05) is 30.3 Å². The van der Waals surface area contributed by atoms with E-state index in [1.54, 1.807) is 13.4 Å². The van der Waals surface area contributed by atoms with Crippen LogP contribution < -0.4 is 5.32 Å². The first-order valence-corrected chi connectivity index (χ1v) is 6.67. The summed E-state index contributed by atoms with van der Waals surface area (Å²) in [6.07, 6.45) is 1.88. The van der Waals surface area contributed by atoms with Crippen LogP contribution in [0.5, 0.6) is 0 Å². The fourth-order valence-corrected chi connectivity index (χ4v) is 1.86. The van der Waals surface area contributed by atoms with E-state index in [-0.39, 0.29) is 0 Å². The molecule has 5 heteroatoms. The third-order valence-electron chi connectivity index (χ3n) is 2.89. The molecule has 0 radical (unpaired) electrons. The fraction of sp³-hybridized carbons (Fsp3) is 0.400. The highest BCUT2D eigenvalue weighted by atomic mass is 16.5. The molecule has 20 heavy (non-hydrogen) atoms. The molecule has 2 N–H and O–H groups in total. The smallest absolute Gasteiger partial charge is 0.226 e. The Bertz CT molecular complexity index is 499. The van der Waals surface area contributed by atoms with Crippen molar-refractivity contribution in [1.82, 2.24) is 10.3 Å². The van der Waals surface area contributed by atoms with Crippen LogP contribution in [0.2, 0.25) is 0 Å². The molecule has 0 aliphatic heterocycles. The number of oxazole rings is 1. The van der Waals surface area contributed by atoms with Crippen molar-refractivity contribution < 1.29 is 14.3 Å². The summed E-state index contributed by atoms with van der Waals surface area (Å²) in [4.78, 5) is 4.42. The minimum absolute atomic E-state index is 0.365. The van der Waals surface area contributed by atoms with Gasteiger partial charge in [-0.1, -0.05) is 18.2 Å². The fourth-order valence-electron chi connectivity index (χ4n) is 1.86. The Morgan fingerprint density at radius 1 is 1.35 bits per heavy atom. The molecule has 1 heterocycles. The maximum Gasteiger partial charge on any atom is 0.226 e. The third kappa shape index (κ3) is 4.45. The monoisotopic (exact) mass is 276 g/mol. The molecule has 0 bridgehead atoms. The summed E-state index contributed by atoms with van der Waals surface area (Å²) in [7, 11) is 1.58. The average Bonchev–Trinajstić information content (AvgIpc) is 2.94. The van der Waals surface area contributed by atoms with Crippen LogP contribution in [0, 0.1) is 0 Å². The highest BCUT2D eigenvalue weighted by Crippen LogP contribution is 2.17. The largest absolute Gasteiger partial charge is 0.444 e. The molecule has 0 fully saturated rings. The molecule has 0 spiro atoms. The van der Waals surface area contributed by atoms with Gasteiger partial charge in [0.2, 0.25) is 5.89 Å². The van der Waals surface area contributed by atoms with Gasteiger partial charge in [0, 0.05) is 19.2 Å². The Morgan fingerprint density at radius 2 is 2.15 bits per heavy atom. The van der Waals surface area contributed by atoms with Crippen LogP contribution in [0.15, 0.2) is 41.0 Å². The van der Waals surface area contributed by atoms with Gasteiger partial charge in [0.1, 0.15) is 6.26 Å². The van der Waals surface area contributed by atoms with E-state index < -0.39 is 6.10 Å². The van der Waals surface area contributed by atoms with Crippen molar-refractivity contribution in [3.8, 4) is 11.5 Å². The van der Waals surface area contributed by atoms with Crippen molar-refractivity contribution in [2.45, 2.75) is 19.1 Å². The second kappa shape index (κ2) is 7.79. The SMILES string of the molecule is COCC(O)CCNCc1coc(-c2ccccc2)n1. The molecule has 1 atom stereocenters. The standard InChI is InChI=1S/C15H20N2O3/c1-19-11-14(18)7-8-16-9-13-10-20-15(17-13)12-5-3-2-4-6-12/h2-6,10,14,16,18H,7-9,11H2,1H3. The molecule has 0 aliphatic rings. The van der Waals surface area contributed by atoms with Crippen molar-refractivity contribution in [2.24, 2.45) is 0 Å². The van der Waals surface area contributed by atoms with Crippen molar-refractivity contribution in [3.05, 3.63) is 42.3 Å². The normalized spacial score (nSPS) is 12.5. The number of nitrogens with zero attached hydrogens (tertiary/aromatic N) is 1. The van der Waals surface area contributed by atoms with Crippen LogP contribution in [-0.4, -0.2) is 36.5 Å². The van der Waals surface area contributed by atoms with Gasteiger partial charge in [-0.05, 0) is 25.1 Å². The number of hydrogen-bond acceptors (Lipinski definition) is 5. The Morgan fingerprint density at radius 3 is 2.90 bits per heavy atom. The van der Waals surface area contributed by atoms with E-state index in [2.05, 4.69) is 10.3 Å². The lowest BCUT2D eigenvalue weighted by molar-refractivity contribution is 0.0594. The van der Waals surface area contributed by atoms with Crippen molar-refractivity contribution >= 4 is 0 Å². The number of nitrogens with one attached hydrogen (secondary N) is 1. The summed E-state index contributed by atoms with van der Waals surface area (Å²) in [6, 6.07) is 9.79. The summed E-state index contributed by atoms with van der Waals surface area (Å²) >= 11 is 0. The molecule has 0 amide bonds. The van der Waals surface area contributed by atoms with Gasteiger partial charge in [0.15, 0.2) is 0 Å². The maximum absolute atomic E-state index is 9.50. The number of aromatic nitrogens is 1. The molecule has 0 saturated heterocycles. The number of aliphatic hydroxyl groups is 1. The van der Waals surface area contributed by atoms with E-state index in [4.69, 9.17) is 9.15 Å². The lowest BCUT2D eigenvalue weighted by Gasteiger charge is -2.08. The highest BCUT2D eigenvalue weighted by molar-refractivity contribution is 5.52. The number of ether oxygens (including phenoxy) is 1. The quantitative estimate of drug-likeness (QED) is 0.720. The first kappa shape index (κ1) is 14.7. The lowest BCUT2D eigenvalue weighted by atomic mass is 10.2. The van der Waals surface area contributed by atoms with E-state index in [0.717, 1.165) is 11.3 Å². The minimum Gasteiger partial charge on any atom is -0.444 e. The summed E-state index contributed by atoms with van der Waals surface area (Å²) in [5.41, 5.74) is 1.82. The predicted octanol–water partition coefficient (Wildman–Crippen LogP) is 1.83. The van der Waals surface area contributed by atoms with Crippen LogP contribution in [0.1, 0.15) is 12.1 Å². The van der Waals surface area contributed by atoms with Crippen molar-refractivity contribution in [1.29, 1.82) is 0 Å². The van der Waals surface area contributed by atoms with E-state index in [1.165, 1.54) is 0 Å². The molecule has 1 aromatic heterocycles. The Balaban J connectivity index is 1.76. The number of benzene rings is 1. The van der Waals surface area contributed by atoms with E-state index in [0.29, 0.717) is 32.0 Å². The van der Waals surface area contributed by atoms with Crippen molar-refractivity contribution in [3.63, 3.8) is 0 Å². The van der Waals surface area contributed by atoms with Gasteiger partial charge in [-0.25, -0.2) is 4.98 Å². The van der Waals surface area contributed by atoms with Crippen LogP contribution in [0.25, 0.3) is 11.5 Å². The van der Waals surface area contributed by atoms with Gasteiger partial charge in [0.25, 0.3) is 0 Å². The van der Waals surface area contributed by atoms with Crippen LogP contribution in [0.3, 0.4) is 0 Å². The third-order valence-corrected chi connectivity index (χ3v) is 2.89. The molecule has 5 nitrogen and oxygen atoms in total. The molecule has 0 saturated carbocycles. The van der Waals surface area contributed by atoms with Gasteiger partial charge < -0.3 is 19.6 Å². The first-order valence-electron chi connectivity index (χ1n) is 6.67. The molecule has 108 valence electrons. The zero-order chi connectivity index (χ0) is 14.2. The van der Waals surface area contributed by atoms with Crippen LogP contribution in [0.4, 0.5) is 0 Å². The minimum atomic E-state index is -0.426. The summed E-state index contributed by atoms with van der Waals surface area (Å²) in [6.45, 7) is 1.69. The highest BCUT2D eigenvalue weighted by Gasteiger charge is 2.06. The van der Waals surface area contributed by atoms with Gasteiger partial charge in [-0.2, -0.15) is 0 Å². The van der Waals surface area contributed by atoms with Gasteiger partial charge in [-0.3, -0.25) is 0 Å². The molecule has 2 aromatic rings. The Labute approximate surface area is 118 Å². The molecular weight excluding hydrogens is 256 g/mol. The Hall–Kier alpha value is -1.69. The molecule has 0 aliphatic carbocycles. The van der Waals surface area contributed by atoms with Crippen molar-refractivity contribution in [2.75, 3.05) is 20.3 Å². The zero-order valence-corrected chi connectivity index (χ0v) is 11.6. The second-order valence-electron chi connectivity index (χ2n) is 4.58. The number of aliphatic hydroxyl groups excluding tert-OH is 1. The zero-order valence-electron chi connectivity index (χ0n) is 11.6. The maximum atomic E-state index is 9.50. The van der Waals surface area contributed by atoms with E-state index >= 15 is 0 Å². The lowest BCUT2D eigenvalue weighted by Crippen LogP contribution is -2.23.